The molecule has 2 aliphatic rings. The number of nitrogens with one attached hydrogen (secondary N) is 1. The predicted octanol–water partition coefficient (Wildman–Crippen LogP) is 1.80. The van der Waals surface area contributed by atoms with Gasteiger partial charge < -0.3 is 14.6 Å². The molecule has 0 aromatic carbocycles. The van der Waals surface area contributed by atoms with E-state index in [0.717, 1.165) is 0 Å². The lowest BCUT2D eigenvalue weighted by molar-refractivity contribution is -0.138. The van der Waals surface area contributed by atoms with Gasteiger partial charge in [-0.25, -0.2) is 18.4 Å². The van der Waals surface area contributed by atoms with E-state index in [0.29, 0.717) is 28.8 Å². The SMILES string of the molecule is CC(=O)c1nn(CC(=O)N2[C@H](C(=O)Nc3cccc(C)n3)C[C@@]3(CS(=O)(=O)c4ncco4)C[C@@H]23)c2cnccc12. The van der Waals surface area contributed by atoms with Crippen LogP contribution in [0, 0.1) is 12.3 Å². The predicted molar refractivity (Wildman–Crippen MR) is 140 cm³/mol. The van der Waals surface area contributed by atoms with Gasteiger partial charge in [0.25, 0.3) is 0 Å². The molecule has 1 aliphatic carbocycles. The minimum atomic E-state index is -3.90. The van der Waals surface area contributed by atoms with Crippen molar-refractivity contribution in [1.29, 1.82) is 0 Å². The number of hydrogen-bond acceptors (Lipinski definition) is 10. The van der Waals surface area contributed by atoms with Crippen molar-refractivity contribution in [3.63, 3.8) is 0 Å². The maximum Gasteiger partial charge on any atom is 0.314 e. The van der Waals surface area contributed by atoms with Crippen LogP contribution in [-0.2, 0) is 26.0 Å². The highest BCUT2D eigenvalue weighted by atomic mass is 32.2. The van der Waals surface area contributed by atoms with Gasteiger partial charge in [0.05, 0.1) is 23.7 Å². The molecule has 5 heterocycles. The maximum atomic E-state index is 13.8. The molecule has 206 valence electrons. The Morgan fingerprint density at radius 1 is 1.18 bits per heavy atom. The molecule has 0 radical (unpaired) electrons. The number of carbonyl (C=O) groups excluding carboxylic acids is 3. The van der Waals surface area contributed by atoms with Gasteiger partial charge in [-0.2, -0.15) is 5.10 Å². The smallest absolute Gasteiger partial charge is 0.314 e. The number of amides is 2. The van der Waals surface area contributed by atoms with Crippen molar-refractivity contribution in [1.82, 2.24) is 29.6 Å². The number of sulfone groups is 1. The van der Waals surface area contributed by atoms with E-state index >= 15 is 0 Å². The standard InChI is InChI=1S/C26H25N7O6S/c1-15-4-3-5-21(29-15)30-24(36)18-10-26(14-40(37,38)25-28-8-9-39-25)11-20(26)33(18)22(35)13-32-19-12-27-7-6-17(19)23(31-32)16(2)34/h3-9,12,18,20H,10-11,13-14H2,1-2H3,(H,29,30,36)/t18-,20+,26-/m0/s1. The summed E-state index contributed by atoms with van der Waals surface area (Å²) in [7, 11) is -3.90. The summed E-state index contributed by atoms with van der Waals surface area (Å²) in [6.07, 6.45) is 6.04. The first-order valence-electron chi connectivity index (χ1n) is 12.6. The number of piperidine rings is 1. The second-order valence-electron chi connectivity index (χ2n) is 10.3. The highest BCUT2D eigenvalue weighted by Crippen LogP contribution is 2.60. The highest BCUT2D eigenvalue weighted by molar-refractivity contribution is 7.91. The number of Topliss-reactive ketones (excluding diaryl/α,β-unsaturated/α-hetero) is 1. The van der Waals surface area contributed by atoms with Crippen molar-refractivity contribution in [3.8, 4) is 0 Å². The first kappa shape index (κ1) is 25.8. The number of rotatable bonds is 8. The zero-order chi connectivity index (χ0) is 28.2. The van der Waals surface area contributed by atoms with Crippen molar-refractivity contribution >= 4 is 44.2 Å². The molecule has 1 saturated carbocycles. The molecule has 6 rings (SSSR count). The van der Waals surface area contributed by atoms with E-state index in [1.807, 2.05) is 0 Å². The number of anilines is 1. The Morgan fingerprint density at radius 2 is 2.00 bits per heavy atom. The average Bonchev–Trinajstić information content (AvgIpc) is 3.31. The molecular weight excluding hydrogens is 538 g/mol. The molecule has 4 aromatic rings. The fraction of sp³-hybridized carbons (Fsp3) is 0.346. The average molecular weight is 564 g/mol. The Kier molecular flexibility index (Phi) is 6.02. The number of fused-ring (bicyclic) bond motifs is 2. The second kappa shape index (κ2) is 9.33. The second-order valence-corrected chi connectivity index (χ2v) is 12.1. The maximum absolute atomic E-state index is 13.8. The number of likely N-dealkylation sites (tertiary alicyclic amines) is 1. The van der Waals surface area contributed by atoms with E-state index in [1.54, 1.807) is 31.2 Å². The molecule has 0 bridgehead atoms. The molecule has 0 spiro atoms. The van der Waals surface area contributed by atoms with Crippen LogP contribution in [0.5, 0.6) is 0 Å². The molecule has 1 N–H and O–H groups in total. The highest BCUT2D eigenvalue weighted by Gasteiger charge is 2.68. The normalized spacial score (nSPS) is 21.8. The van der Waals surface area contributed by atoms with E-state index < -0.39 is 44.4 Å². The van der Waals surface area contributed by atoms with Crippen LogP contribution in [0.25, 0.3) is 10.9 Å². The number of oxazole rings is 1. The molecule has 0 unspecified atom stereocenters. The summed E-state index contributed by atoms with van der Waals surface area (Å²) in [5.74, 6) is -1.15. The number of ketones is 1. The third kappa shape index (κ3) is 4.43. The van der Waals surface area contributed by atoms with E-state index in [2.05, 4.69) is 25.4 Å². The van der Waals surface area contributed by atoms with Gasteiger partial charge in [0.1, 0.15) is 30.4 Å². The summed E-state index contributed by atoms with van der Waals surface area (Å²) in [5, 5.41) is 7.29. The van der Waals surface area contributed by atoms with Crippen LogP contribution in [0.15, 0.2) is 58.8 Å². The van der Waals surface area contributed by atoms with Crippen LogP contribution in [-0.4, -0.2) is 73.5 Å². The number of nitrogens with zero attached hydrogens (tertiary/aromatic N) is 6. The van der Waals surface area contributed by atoms with Crippen LogP contribution in [0.1, 0.15) is 35.9 Å². The van der Waals surface area contributed by atoms with Crippen molar-refractivity contribution in [3.05, 3.63) is 60.5 Å². The first-order chi connectivity index (χ1) is 19.1. The fourth-order valence-electron chi connectivity index (χ4n) is 5.66. The topological polar surface area (TPSA) is 170 Å². The van der Waals surface area contributed by atoms with Crippen LogP contribution in [0.2, 0.25) is 0 Å². The zero-order valence-corrected chi connectivity index (χ0v) is 22.5. The van der Waals surface area contributed by atoms with Crippen LogP contribution in [0.4, 0.5) is 5.82 Å². The monoisotopic (exact) mass is 563 g/mol. The molecule has 2 fully saturated rings. The van der Waals surface area contributed by atoms with Gasteiger partial charge in [0.2, 0.25) is 21.7 Å². The number of aromatic nitrogens is 5. The van der Waals surface area contributed by atoms with E-state index in [1.165, 1.54) is 41.4 Å². The van der Waals surface area contributed by atoms with Crippen LogP contribution in [0.3, 0.4) is 0 Å². The molecule has 1 saturated heterocycles. The summed E-state index contributed by atoms with van der Waals surface area (Å²) in [4.78, 5) is 53.1. The molecule has 4 aromatic heterocycles. The van der Waals surface area contributed by atoms with Gasteiger partial charge in [0, 0.05) is 35.7 Å². The molecular formula is C26H25N7O6S. The van der Waals surface area contributed by atoms with Crippen molar-refractivity contribution in [2.45, 2.75) is 50.5 Å². The van der Waals surface area contributed by atoms with E-state index in [4.69, 9.17) is 4.42 Å². The summed E-state index contributed by atoms with van der Waals surface area (Å²) in [6.45, 7) is 2.92. The van der Waals surface area contributed by atoms with Gasteiger partial charge in [-0.1, -0.05) is 6.07 Å². The molecule has 13 nitrogen and oxygen atoms in total. The Balaban J connectivity index is 1.31. The van der Waals surface area contributed by atoms with Gasteiger partial charge in [-0.3, -0.25) is 24.0 Å². The summed E-state index contributed by atoms with van der Waals surface area (Å²) in [5.41, 5.74) is 0.584. The Morgan fingerprint density at radius 3 is 2.73 bits per heavy atom. The van der Waals surface area contributed by atoms with E-state index in [-0.39, 0.29) is 30.2 Å². The molecule has 2 amide bonds. The lowest BCUT2D eigenvalue weighted by Crippen LogP contribution is -2.46. The van der Waals surface area contributed by atoms with Crippen molar-refractivity contribution in [2.75, 3.05) is 11.1 Å². The molecule has 40 heavy (non-hydrogen) atoms. The summed E-state index contributed by atoms with van der Waals surface area (Å²) in [6, 6.07) is 5.40. The number of aryl methyl sites for hydroxylation is 1. The molecule has 3 atom stereocenters. The van der Waals surface area contributed by atoms with Gasteiger partial charge in [-0.05, 0) is 38.0 Å². The fourth-order valence-corrected chi connectivity index (χ4v) is 7.39. The third-order valence-corrected chi connectivity index (χ3v) is 9.16. The van der Waals surface area contributed by atoms with Gasteiger partial charge in [0.15, 0.2) is 5.78 Å². The number of hydrogen-bond donors (Lipinski definition) is 1. The lowest BCUT2D eigenvalue weighted by Gasteiger charge is -2.26. The lowest BCUT2D eigenvalue weighted by atomic mass is 10.0. The quantitative estimate of drug-likeness (QED) is 0.312. The molecule has 14 heteroatoms. The first-order valence-corrected chi connectivity index (χ1v) is 14.2. The summed E-state index contributed by atoms with van der Waals surface area (Å²) < 4.78 is 32.5. The van der Waals surface area contributed by atoms with Crippen LogP contribution >= 0.6 is 0 Å². The van der Waals surface area contributed by atoms with Gasteiger partial charge in [-0.15, -0.1) is 0 Å². The Bertz CT molecular complexity index is 1770. The summed E-state index contributed by atoms with van der Waals surface area (Å²) >= 11 is 0. The Hall–Kier alpha value is -4.46. The minimum Gasteiger partial charge on any atom is -0.437 e. The minimum absolute atomic E-state index is 0.140. The zero-order valence-electron chi connectivity index (χ0n) is 21.6. The molecule has 1 aliphatic heterocycles. The van der Waals surface area contributed by atoms with Crippen molar-refractivity contribution < 1.29 is 27.2 Å². The van der Waals surface area contributed by atoms with Crippen molar-refractivity contribution in [2.24, 2.45) is 5.41 Å². The third-order valence-electron chi connectivity index (χ3n) is 7.47. The van der Waals surface area contributed by atoms with Gasteiger partial charge >= 0.3 is 5.22 Å². The van der Waals surface area contributed by atoms with Crippen LogP contribution < -0.4 is 5.32 Å². The largest absolute Gasteiger partial charge is 0.437 e. The van der Waals surface area contributed by atoms with E-state index in [9.17, 15) is 22.8 Å². The Labute approximate surface area is 228 Å². The number of carbonyl (C=O) groups is 3. The number of pyridine rings is 2.